The topological polar surface area (TPSA) is 237 Å². The molecule has 0 aliphatic rings. The lowest BCUT2D eigenvalue weighted by molar-refractivity contribution is -0.161. The summed E-state index contributed by atoms with van der Waals surface area (Å²) in [6, 6.07) is 0. The Bertz CT molecular complexity index is 1760. The maximum Gasteiger partial charge on any atom is 0.472 e. The van der Waals surface area contributed by atoms with Gasteiger partial charge in [0.15, 0.2) is 12.2 Å². The first-order valence-electron chi connectivity index (χ1n) is 38.3. The number of hydrogen-bond donors (Lipinski definition) is 3. The number of rotatable bonds is 74. The zero-order chi connectivity index (χ0) is 67.5. The molecule has 0 aromatic heterocycles. The molecule has 0 spiro atoms. The van der Waals surface area contributed by atoms with E-state index in [1.165, 1.54) is 199 Å². The molecule has 0 fully saturated rings. The van der Waals surface area contributed by atoms with Crippen molar-refractivity contribution < 1.29 is 80.2 Å². The summed E-state index contributed by atoms with van der Waals surface area (Å²) in [6.07, 6.45) is 57.2. The number of phosphoric ester groups is 2. The van der Waals surface area contributed by atoms with Crippen molar-refractivity contribution in [2.75, 3.05) is 39.6 Å². The van der Waals surface area contributed by atoms with Gasteiger partial charge in [0.05, 0.1) is 26.4 Å². The fraction of sp³-hybridized carbons (Fsp3) is 0.945. The summed E-state index contributed by atoms with van der Waals surface area (Å²) in [7, 11) is -9.89. The van der Waals surface area contributed by atoms with Crippen LogP contribution in [0.2, 0.25) is 0 Å². The summed E-state index contributed by atoms with van der Waals surface area (Å²) >= 11 is 0. The van der Waals surface area contributed by atoms with Crippen LogP contribution in [0.15, 0.2) is 0 Å². The van der Waals surface area contributed by atoms with E-state index in [0.29, 0.717) is 25.7 Å². The maximum atomic E-state index is 13.1. The summed E-state index contributed by atoms with van der Waals surface area (Å²) in [5.41, 5.74) is 0. The van der Waals surface area contributed by atoms with Gasteiger partial charge < -0.3 is 33.8 Å². The normalized spacial score (nSPS) is 13.9. The zero-order valence-electron chi connectivity index (χ0n) is 59.5. The van der Waals surface area contributed by atoms with Gasteiger partial charge in [-0.15, -0.1) is 0 Å². The highest BCUT2D eigenvalue weighted by Gasteiger charge is 2.30. The summed E-state index contributed by atoms with van der Waals surface area (Å²) in [6.45, 7) is 4.89. The fourth-order valence-corrected chi connectivity index (χ4v) is 12.8. The van der Waals surface area contributed by atoms with Gasteiger partial charge in [-0.2, -0.15) is 0 Å². The number of carbonyl (C=O) groups excluding carboxylic acids is 4. The van der Waals surface area contributed by atoms with E-state index in [9.17, 15) is 43.2 Å². The molecule has 0 aromatic rings. The van der Waals surface area contributed by atoms with E-state index in [4.69, 9.17) is 37.0 Å². The Morgan fingerprint density at radius 2 is 0.435 bits per heavy atom. The first kappa shape index (κ1) is 90.1. The zero-order valence-corrected chi connectivity index (χ0v) is 61.3. The van der Waals surface area contributed by atoms with Gasteiger partial charge in [-0.25, -0.2) is 9.13 Å². The van der Waals surface area contributed by atoms with Gasteiger partial charge in [0, 0.05) is 25.7 Å². The van der Waals surface area contributed by atoms with Crippen LogP contribution >= 0.6 is 15.6 Å². The molecule has 0 bridgehead atoms. The number of carbonyl (C=O) groups is 4. The van der Waals surface area contributed by atoms with Crippen LogP contribution < -0.4 is 0 Å². The minimum Gasteiger partial charge on any atom is -0.462 e. The highest BCUT2D eigenvalue weighted by atomic mass is 31.2. The Hall–Kier alpha value is -1.94. The Kier molecular flexibility index (Phi) is 66.2. The van der Waals surface area contributed by atoms with Crippen LogP contribution in [-0.4, -0.2) is 96.7 Å². The van der Waals surface area contributed by atoms with Gasteiger partial charge in [-0.3, -0.25) is 37.3 Å². The largest absolute Gasteiger partial charge is 0.472 e. The van der Waals surface area contributed by atoms with Crippen LogP contribution in [0.3, 0.4) is 0 Å². The molecule has 0 rings (SSSR count). The minimum atomic E-state index is -4.95. The second-order valence-corrected chi connectivity index (χ2v) is 29.2. The molecule has 17 nitrogen and oxygen atoms in total. The number of hydrogen-bond acceptors (Lipinski definition) is 15. The molecule has 0 aliphatic heterocycles. The molecule has 0 amide bonds. The monoisotopic (exact) mass is 1350 g/mol. The first-order valence-corrected chi connectivity index (χ1v) is 41.3. The first-order chi connectivity index (χ1) is 44.7. The number of aliphatic hydroxyl groups is 1. The smallest absolute Gasteiger partial charge is 0.462 e. The van der Waals surface area contributed by atoms with Crippen LogP contribution in [0.5, 0.6) is 0 Å². The van der Waals surface area contributed by atoms with Gasteiger partial charge in [-0.1, -0.05) is 336 Å². The van der Waals surface area contributed by atoms with E-state index in [2.05, 4.69) is 27.7 Å². The number of esters is 4. The van der Waals surface area contributed by atoms with Crippen molar-refractivity contribution in [2.45, 2.75) is 406 Å². The summed E-state index contributed by atoms with van der Waals surface area (Å²) in [5, 5.41) is 10.6. The molecule has 92 heavy (non-hydrogen) atoms. The van der Waals surface area contributed by atoms with E-state index in [1.807, 2.05) is 0 Å². The Morgan fingerprint density at radius 1 is 0.261 bits per heavy atom. The number of unbranched alkanes of at least 4 members (excludes halogenated alkanes) is 48. The lowest BCUT2D eigenvalue weighted by atomic mass is 10.0. The van der Waals surface area contributed by atoms with Gasteiger partial charge >= 0.3 is 39.5 Å². The van der Waals surface area contributed by atoms with Crippen molar-refractivity contribution in [3.63, 3.8) is 0 Å². The maximum absolute atomic E-state index is 13.1. The Morgan fingerprint density at radius 3 is 0.641 bits per heavy atom. The third-order valence-electron chi connectivity index (χ3n) is 17.1. The average Bonchev–Trinajstić information content (AvgIpc) is 1.81. The second-order valence-electron chi connectivity index (χ2n) is 26.3. The van der Waals surface area contributed by atoms with Crippen LogP contribution in [0, 0.1) is 0 Å². The average molecular weight is 1350 g/mol. The van der Waals surface area contributed by atoms with Gasteiger partial charge in [-0.05, 0) is 25.7 Å². The van der Waals surface area contributed by atoms with Crippen LogP contribution in [0.4, 0.5) is 0 Å². The lowest BCUT2D eigenvalue weighted by Crippen LogP contribution is -2.30. The number of phosphoric acid groups is 2. The van der Waals surface area contributed by atoms with E-state index in [0.717, 1.165) is 109 Å². The van der Waals surface area contributed by atoms with E-state index >= 15 is 0 Å². The standard InChI is InChI=1S/C73H142O17P2/c1-5-9-13-17-21-24-26-28-30-32-34-36-38-40-42-44-48-52-56-60-73(78)90-69(64-84-71(76)58-54-50-47-43-41-39-37-35-33-31-29-27-25-22-18-14-10-6-2)66-88-92(81,82)86-62-67(74)61-85-91(79,80)87-65-68(63-83-70(75)57-53-49-45-20-16-12-8-4)89-72(77)59-55-51-46-23-19-15-11-7-3/h67-69,74H,5-66H2,1-4H3,(H,79,80)(H,81,82)/t67-,68+,69+/m0/s1. The molecule has 546 valence electrons. The van der Waals surface area contributed by atoms with Gasteiger partial charge in [0.2, 0.25) is 0 Å². The molecular weight excluding hydrogens is 1210 g/mol. The molecule has 5 atom stereocenters. The minimum absolute atomic E-state index is 0.105. The molecule has 0 radical (unpaired) electrons. The summed E-state index contributed by atoms with van der Waals surface area (Å²) in [4.78, 5) is 72.4. The van der Waals surface area contributed by atoms with Gasteiger partial charge in [0.25, 0.3) is 0 Å². The molecule has 0 aromatic carbocycles. The van der Waals surface area contributed by atoms with Crippen molar-refractivity contribution in [3.05, 3.63) is 0 Å². The van der Waals surface area contributed by atoms with Crippen LogP contribution in [0.25, 0.3) is 0 Å². The van der Waals surface area contributed by atoms with E-state index < -0.39 is 97.5 Å². The molecule has 0 heterocycles. The van der Waals surface area contributed by atoms with E-state index in [1.54, 1.807) is 0 Å². The highest BCUT2D eigenvalue weighted by Crippen LogP contribution is 2.45. The highest BCUT2D eigenvalue weighted by molar-refractivity contribution is 7.47. The third-order valence-corrected chi connectivity index (χ3v) is 19.0. The molecule has 0 aliphatic carbocycles. The van der Waals surface area contributed by atoms with Crippen molar-refractivity contribution in [1.82, 2.24) is 0 Å². The summed E-state index contributed by atoms with van der Waals surface area (Å²) in [5.74, 6) is -2.12. The van der Waals surface area contributed by atoms with Crippen molar-refractivity contribution in [1.29, 1.82) is 0 Å². The van der Waals surface area contributed by atoms with E-state index in [-0.39, 0.29) is 25.7 Å². The van der Waals surface area contributed by atoms with Crippen LogP contribution in [0.1, 0.15) is 387 Å². The molecule has 2 unspecified atom stereocenters. The van der Waals surface area contributed by atoms with Crippen molar-refractivity contribution >= 4 is 39.5 Å². The van der Waals surface area contributed by atoms with Gasteiger partial charge in [0.1, 0.15) is 19.3 Å². The molecule has 0 saturated heterocycles. The molecule has 19 heteroatoms. The van der Waals surface area contributed by atoms with Crippen molar-refractivity contribution in [3.8, 4) is 0 Å². The number of aliphatic hydroxyl groups excluding tert-OH is 1. The quantitative estimate of drug-likeness (QED) is 0.0222. The third kappa shape index (κ3) is 66.7. The van der Waals surface area contributed by atoms with Crippen LogP contribution in [-0.2, 0) is 65.4 Å². The molecular formula is C73H142O17P2. The Labute approximate surface area is 562 Å². The number of ether oxygens (including phenoxy) is 4. The SMILES string of the molecule is CCCCCCCCCCCCCCCCCCCCCC(=O)O[C@H](COC(=O)CCCCCCCCCCCCCCCCCCCC)COP(=O)(O)OC[C@@H](O)COP(=O)(O)OC[C@@H](COC(=O)CCCCCCCCC)OC(=O)CCCCCCCCCC. The predicted molar refractivity (Wildman–Crippen MR) is 372 cm³/mol. The van der Waals surface area contributed by atoms with Crippen molar-refractivity contribution in [2.24, 2.45) is 0 Å². The summed E-state index contributed by atoms with van der Waals surface area (Å²) < 4.78 is 68.2. The molecule has 0 saturated carbocycles. The molecule has 3 N–H and O–H groups in total. The predicted octanol–water partition coefficient (Wildman–Crippen LogP) is 21.4. The lowest BCUT2D eigenvalue weighted by Gasteiger charge is -2.21. The Balaban J connectivity index is 5.13. The second kappa shape index (κ2) is 67.6. The fourth-order valence-electron chi connectivity index (χ4n) is 11.2.